The first-order valence-corrected chi connectivity index (χ1v) is 6.51. The molecule has 0 amide bonds. The van der Waals surface area contributed by atoms with Gasteiger partial charge in [0.2, 0.25) is 0 Å². The molecular weight excluding hydrogens is 293 g/mol. The molecule has 0 atom stereocenters. The van der Waals surface area contributed by atoms with Crippen molar-refractivity contribution in [3.8, 4) is 11.1 Å². The van der Waals surface area contributed by atoms with Crippen molar-refractivity contribution in [1.82, 2.24) is 11.1 Å². The van der Waals surface area contributed by atoms with Gasteiger partial charge in [-0.1, -0.05) is 41.4 Å². The highest BCUT2D eigenvalue weighted by Gasteiger charge is 2.12. The lowest BCUT2D eigenvalue weighted by Crippen LogP contribution is -1.94. The number of rotatable bonds is 1. The van der Waals surface area contributed by atoms with E-state index >= 15 is 0 Å². The third-order valence-corrected chi connectivity index (χ3v) is 3.57. The molecule has 0 aliphatic carbocycles. The number of anilines is 1. The molecule has 1 aromatic heterocycles. The molecule has 102 valence electrons. The smallest absolute Gasteiger partial charge is 0.0710 e. The molecule has 0 bridgehead atoms. The van der Waals surface area contributed by atoms with Crippen LogP contribution in [0.15, 0.2) is 48.7 Å². The molecule has 0 fully saturated rings. The highest BCUT2D eigenvalue weighted by molar-refractivity contribution is 6.34. The fourth-order valence-electron chi connectivity index (χ4n) is 2.14. The number of hydrogen-bond donors (Lipinski definition) is 2. The van der Waals surface area contributed by atoms with Crippen LogP contribution in [0.4, 0.5) is 5.69 Å². The number of hydrogen-bond acceptors (Lipinski definition) is 3. The third kappa shape index (κ3) is 2.43. The van der Waals surface area contributed by atoms with Crippen LogP contribution in [0.5, 0.6) is 0 Å². The van der Waals surface area contributed by atoms with Crippen LogP contribution < -0.4 is 11.9 Å². The summed E-state index contributed by atoms with van der Waals surface area (Å²) < 4.78 is 0. The lowest BCUT2D eigenvalue weighted by molar-refractivity contribution is 1.41. The van der Waals surface area contributed by atoms with Crippen molar-refractivity contribution in [2.75, 3.05) is 5.73 Å². The molecule has 0 aliphatic rings. The van der Waals surface area contributed by atoms with Gasteiger partial charge >= 0.3 is 0 Å². The summed E-state index contributed by atoms with van der Waals surface area (Å²) >= 11 is 12.3. The van der Waals surface area contributed by atoms with Gasteiger partial charge in [0.15, 0.2) is 0 Å². The lowest BCUT2D eigenvalue weighted by Gasteiger charge is -2.11. The van der Waals surface area contributed by atoms with Crippen molar-refractivity contribution < 1.29 is 0 Å². The molecule has 20 heavy (non-hydrogen) atoms. The standard InChI is InChI=1S/C15H10Cl2N2.H3N/c16-9-5-6-14-11(7-9)15(13(18)8-19-14)10-3-1-2-4-12(10)17;/h1-8H,18H2;1H3. The average Bonchev–Trinajstić information content (AvgIpc) is 2.40. The number of fused-ring (bicyclic) bond motifs is 1. The molecule has 0 radical (unpaired) electrons. The Bertz CT molecular complexity index is 767. The summed E-state index contributed by atoms with van der Waals surface area (Å²) in [5.74, 6) is 0. The maximum absolute atomic E-state index is 6.26. The molecule has 3 nitrogen and oxygen atoms in total. The summed E-state index contributed by atoms with van der Waals surface area (Å²) in [6, 6.07) is 13.1. The van der Waals surface area contributed by atoms with Gasteiger partial charge in [0.25, 0.3) is 0 Å². The van der Waals surface area contributed by atoms with Crippen LogP contribution in [0.1, 0.15) is 0 Å². The molecule has 3 aromatic rings. The third-order valence-electron chi connectivity index (χ3n) is 3.00. The highest BCUT2D eigenvalue weighted by Crippen LogP contribution is 2.37. The van der Waals surface area contributed by atoms with Crippen LogP contribution in [-0.2, 0) is 0 Å². The number of nitrogen functional groups attached to an aromatic ring is 1. The molecule has 2 aromatic carbocycles. The number of halogens is 2. The van der Waals surface area contributed by atoms with Crippen LogP contribution in [0.25, 0.3) is 22.0 Å². The minimum atomic E-state index is 0. The van der Waals surface area contributed by atoms with Crippen molar-refractivity contribution in [3.63, 3.8) is 0 Å². The van der Waals surface area contributed by atoms with Crippen LogP contribution >= 0.6 is 23.2 Å². The van der Waals surface area contributed by atoms with Crippen LogP contribution in [-0.4, -0.2) is 4.98 Å². The van der Waals surface area contributed by atoms with E-state index in [9.17, 15) is 0 Å². The monoisotopic (exact) mass is 305 g/mol. The molecule has 5 N–H and O–H groups in total. The second-order valence-electron chi connectivity index (χ2n) is 4.23. The van der Waals surface area contributed by atoms with Crippen molar-refractivity contribution >= 4 is 39.8 Å². The zero-order chi connectivity index (χ0) is 13.4. The van der Waals surface area contributed by atoms with Crippen molar-refractivity contribution in [2.24, 2.45) is 0 Å². The maximum Gasteiger partial charge on any atom is 0.0710 e. The fourth-order valence-corrected chi connectivity index (χ4v) is 2.55. The van der Waals surface area contributed by atoms with Crippen molar-refractivity contribution in [3.05, 3.63) is 58.7 Å². The zero-order valence-corrected chi connectivity index (χ0v) is 12.1. The van der Waals surface area contributed by atoms with E-state index in [2.05, 4.69) is 4.98 Å². The van der Waals surface area contributed by atoms with E-state index in [0.717, 1.165) is 22.0 Å². The van der Waals surface area contributed by atoms with Gasteiger partial charge in [-0.15, -0.1) is 0 Å². The second-order valence-corrected chi connectivity index (χ2v) is 5.07. The Morgan fingerprint density at radius 3 is 2.50 bits per heavy atom. The first kappa shape index (κ1) is 14.6. The number of nitrogens with two attached hydrogens (primary N) is 1. The van der Waals surface area contributed by atoms with Gasteiger partial charge in [-0.25, -0.2) is 0 Å². The number of benzene rings is 2. The fraction of sp³-hybridized carbons (Fsp3) is 0. The van der Waals surface area contributed by atoms with E-state index in [1.54, 1.807) is 6.20 Å². The van der Waals surface area contributed by atoms with E-state index in [-0.39, 0.29) is 6.15 Å². The SMILES string of the molecule is N.Nc1cnc2ccc(Cl)cc2c1-c1ccccc1Cl. The van der Waals surface area contributed by atoms with Crippen LogP contribution in [0, 0.1) is 0 Å². The summed E-state index contributed by atoms with van der Waals surface area (Å²) in [6.45, 7) is 0. The van der Waals surface area contributed by atoms with Gasteiger partial charge in [0.1, 0.15) is 0 Å². The summed E-state index contributed by atoms with van der Waals surface area (Å²) in [5, 5.41) is 2.20. The van der Waals surface area contributed by atoms with Gasteiger partial charge in [0, 0.05) is 26.6 Å². The quantitative estimate of drug-likeness (QED) is 0.667. The Morgan fingerprint density at radius 1 is 1.00 bits per heavy atom. The predicted octanol–water partition coefficient (Wildman–Crippen LogP) is 4.95. The van der Waals surface area contributed by atoms with E-state index in [1.165, 1.54) is 0 Å². The van der Waals surface area contributed by atoms with Gasteiger partial charge in [-0.2, -0.15) is 0 Å². The number of pyridine rings is 1. The molecule has 0 unspecified atom stereocenters. The minimum Gasteiger partial charge on any atom is -0.397 e. The Kier molecular flexibility index (Phi) is 4.14. The van der Waals surface area contributed by atoms with Gasteiger partial charge in [0.05, 0.1) is 17.4 Å². The summed E-state index contributed by atoms with van der Waals surface area (Å²) in [7, 11) is 0. The van der Waals surface area contributed by atoms with Gasteiger partial charge < -0.3 is 11.9 Å². The minimum absolute atomic E-state index is 0. The van der Waals surface area contributed by atoms with E-state index in [4.69, 9.17) is 28.9 Å². The van der Waals surface area contributed by atoms with Crippen molar-refractivity contribution in [1.29, 1.82) is 0 Å². The summed E-state index contributed by atoms with van der Waals surface area (Å²) in [6.07, 6.45) is 1.65. The molecule has 0 saturated carbocycles. The average molecular weight is 306 g/mol. The Balaban J connectivity index is 0.00000147. The highest BCUT2D eigenvalue weighted by atomic mass is 35.5. The Labute approximate surface area is 126 Å². The number of aromatic nitrogens is 1. The first-order chi connectivity index (χ1) is 9.16. The second kappa shape index (κ2) is 5.67. The van der Waals surface area contributed by atoms with Gasteiger partial charge in [-0.3, -0.25) is 4.98 Å². The Morgan fingerprint density at radius 2 is 1.75 bits per heavy atom. The van der Waals surface area contributed by atoms with Crippen LogP contribution in [0.3, 0.4) is 0 Å². The lowest BCUT2D eigenvalue weighted by atomic mass is 10.00. The largest absolute Gasteiger partial charge is 0.397 e. The summed E-state index contributed by atoms with van der Waals surface area (Å²) in [4.78, 5) is 4.31. The molecule has 1 heterocycles. The molecule has 0 saturated heterocycles. The van der Waals surface area contributed by atoms with E-state index in [0.29, 0.717) is 15.7 Å². The molecule has 0 aliphatic heterocycles. The summed E-state index contributed by atoms with van der Waals surface area (Å²) in [5.41, 5.74) is 9.26. The molecule has 5 heteroatoms. The normalized spacial score (nSPS) is 10.3. The molecule has 0 spiro atoms. The number of nitrogens with zero attached hydrogens (tertiary/aromatic N) is 1. The topological polar surface area (TPSA) is 73.9 Å². The first-order valence-electron chi connectivity index (χ1n) is 5.75. The molecule has 3 rings (SSSR count). The van der Waals surface area contributed by atoms with Gasteiger partial charge in [-0.05, 0) is 24.3 Å². The Hall–Kier alpha value is -1.81. The van der Waals surface area contributed by atoms with E-state index in [1.807, 2.05) is 42.5 Å². The van der Waals surface area contributed by atoms with Crippen molar-refractivity contribution in [2.45, 2.75) is 0 Å². The zero-order valence-electron chi connectivity index (χ0n) is 10.6. The maximum atomic E-state index is 6.26. The molecular formula is C15H13Cl2N3. The van der Waals surface area contributed by atoms with E-state index < -0.39 is 0 Å². The predicted molar refractivity (Wildman–Crippen MR) is 86.6 cm³/mol. The van der Waals surface area contributed by atoms with Crippen LogP contribution in [0.2, 0.25) is 10.0 Å².